The Labute approximate surface area is 202 Å². The second kappa shape index (κ2) is 17.8. The first-order valence-corrected chi connectivity index (χ1v) is 10.00. The zero-order valence-corrected chi connectivity index (χ0v) is 18.5. The van der Waals surface area contributed by atoms with Gasteiger partial charge in [0.2, 0.25) is 0 Å². The van der Waals surface area contributed by atoms with Crippen LogP contribution in [0.1, 0.15) is 37.0 Å². The molecule has 1 aromatic heterocycles. The van der Waals surface area contributed by atoms with Gasteiger partial charge in [0.05, 0.1) is 19.4 Å². The number of hydrogen-bond acceptors (Lipinski definition) is 6. The van der Waals surface area contributed by atoms with Crippen LogP contribution in [0.15, 0.2) is 66.9 Å². The topological polar surface area (TPSA) is 98.4 Å². The third kappa shape index (κ3) is 15.0. The predicted molar refractivity (Wildman–Crippen MR) is 124 cm³/mol. The Morgan fingerprint density at radius 3 is 1.80 bits per heavy atom. The summed E-state index contributed by atoms with van der Waals surface area (Å²) in [6, 6.07) is 19.1. The van der Waals surface area contributed by atoms with Crippen LogP contribution in [-0.4, -0.2) is 34.9 Å². The van der Waals surface area contributed by atoms with Crippen LogP contribution < -0.4 is 0 Å². The van der Waals surface area contributed by atoms with Crippen LogP contribution in [0, 0.1) is 0 Å². The highest BCUT2D eigenvalue weighted by atomic mass is 19.4. The van der Waals surface area contributed by atoms with Crippen molar-refractivity contribution in [2.45, 2.75) is 40.3 Å². The van der Waals surface area contributed by atoms with E-state index < -0.39 is 17.7 Å². The number of hydrogen-bond donors (Lipinski definition) is 1. The number of nitrogens with zero attached hydrogens (tertiary/aromatic N) is 1. The van der Waals surface area contributed by atoms with Gasteiger partial charge in [-0.25, -0.2) is 4.98 Å². The predicted octanol–water partition coefficient (Wildman–Crippen LogP) is 4.96. The molecule has 35 heavy (non-hydrogen) atoms. The number of ketones is 1. The Morgan fingerprint density at radius 2 is 1.40 bits per heavy atom. The summed E-state index contributed by atoms with van der Waals surface area (Å²) in [5.41, 5.74) is 1.19. The number of aldehydes is 2. The van der Waals surface area contributed by atoms with E-state index in [0.29, 0.717) is 13.2 Å². The maximum absolute atomic E-state index is 12.3. The molecule has 0 bridgehead atoms. The standard InChI is InChI=1S/C12H11F3N2O.C9H10O2.C3H4O2.CH4/c13-12(14,15)10-6-16-11(17-10)8-18-7-9-4-2-1-3-5-9;10-6-7-11-8-9-4-2-1-3-5-9;1-3(5)2-4;/h1-6H,7-8H2,(H,16,17);1-6H,7-8H2;2H,1H3;1H4. The van der Waals surface area contributed by atoms with E-state index in [-0.39, 0.29) is 32.8 Å². The first kappa shape index (κ1) is 31.4. The molecule has 0 aliphatic heterocycles. The van der Waals surface area contributed by atoms with E-state index in [2.05, 4.69) is 9.97 Å². The fourth-order valence-corrected chi connectivity index (χ4v) is 2.22. The molecule has 0 spiro atoms. The summed E-state index contributed by atoms with van der Waals surface area (Å²) >= 11 is 0. The number of rotatable bonds is 9. The SMILES string of the molecule is C.CC(=O)C=O.FC(F)(F)c1cnc(COCc2ccccc2)[nH]1.O=CCOCc1ccccc1. The highest BCUT2D eigenvalue weighted by Crippen LogP contribution is 2.27. The second-order valence-electron chi connectivity index (χ2n) is 6.62. The number of carbonyl (C=O) groups is 3. The number of halogens is 3. The molecule has 0 amide bonds. The number of carbonyl (C=O) groups excluding carboxylic acids is 3. The fraction of sp³-hybridized carbons (Fsp3) is 0.280. The van der Waals surface area contributed by atoms with Gasteiger partial charge < -0.3 is 19.3 Å². The third-order valence-electron chi connectivity index (χ3n) is 3.75. The smallest absolute Gasteiger partial charge is 0.369 e. The van der Waals surface area contributed by atoms with Crippen molar-refractivity contribution in [2.24, 2.45) is 0 Å². The lowest BCUT2D eigenvalue weighted by molar-refractivity contribution is -0.141. The Morgan fingerprint density at radius 1 is 0.914 bits per heavy atom. The lowest BCUT2D eigenvalue weighted by Gasteiger charge is -2.03. The summed E-state index contributed by atoms with van der Waals surface area (Å²) in [5.74, 6) is -0.261. The van der Waals surface area contributed by atoms with Crippen molar-refractivity contribution in [3.63, 3.8) is 0 Å². The molecular weight excluding hydrogens is 465 g/mol. The summed E-state index contributed by atoms with van der Waals surface area (Å²) in [7, 11) is 0. The number of H-pyrrole nitrogens is 1. The number of imidazole rings is 1. The molecule has 3 aromatic rings. The number of ether oxygens (including phenoxy) is 2. The number of Topliss-reactive ketones (excluding diaryl/α,β-unsaturated/α-hetero) is 1. The molecule has 7 nitrogen and oxygen atoms in total. The Balaban J connectivity index is 0.000000581. The van der Waals surface area contributed by atoms with E-state index in [9.17, 15) is 22.8 Å². The van der Waals surface area contributed by atoms with Crippen LogP contribution in [-0.2, 0) is 49.9 Å². The lowest BCUT2D eigenvalue weighted by atomic mass is 10.2. The van der Waals surface area contributed by atoms with Crippen molar-refractivity contribution in [2.75, 3.05) is 6.61 Å². The van der Waals surface area contributed by atoms with Crippen molar-refractivity contribution < 1.29 is 37.0 Å². The highest BCUT2D eigenvalue weighted by Gasteiger charge is 2.32. The lowest BCUT2D eigenvalue weighted by Crippen LogP contribution is -2.05. The number of aromatic nitrogens is 2. The Hall–Kier alpha value is -3.63. The molecule has 190 valence electrons. The van der Waals surface area contributed by atoms with Gasteiger partial charge in [0.1, 0.15) is 31.0 Å². The van der Waals surface area contributed by atoms with E-state index >= 15 is 0 Å². The Kier molecular flexibility index (Phi) is 15.9. The summed E-state index contributed by atoms with van der Waals surface area (Å²) in [5, 5.41) is 0. The molecule has 10 heteroatoms. The van der Waals surface area contributed by atoms with Crippen molar-refractivity contribution in [3.05, 3.63) is 89.5 Å². The summed E-state index contributed by atoms with van der Waals surface area (Å²) < 4.78 is 47.1. The molecule has 1 heterocycles. The molecule has 0 aliphatic carbocycles. The molecule has 2 aromatic carbocycles. The van der Waals surface area contributed by atoms with Gasteiger partial charge in [0, 0.05) is 6.92 Å². The van der Waals surface area contributed by atoms with E-state index in [0.717, 1.165) is 23.6 Å². The molecular formula is C25H29F3N2O5. The minimum atomic E-state index is -4.40. The molecule has 0 saturated heterocycles. The van der Waals surface area contributed by atoms with Gasteiger partial charge in [-0.05, 0) is 11.1 Å². The molecule has 0 radical (unpaired) electrons. The van der Waals surface area contributed by atoms with Crippen molar-refractivity contribution >= 4 is 18.4 Å². The molecule has 0 saturated carbocycles. The minimum Gasteiger partial charge on any atom is -0.369 e. The summed E-state index contributed by atoms with van der Waals surface area (Å²) in [6.07, 6.45) is -2.60. The van der Waals surface area contributed by atoms with Gasteiger partial charge in [-0.1, -0.05) is 68.1 Å². The first-order chi connectivity index (χ1) is 16.3. The molecule has 0 atom stereocenters. The van der Waals surface area contributed by atoms with Crippen LogP contribution in [0.5, 0.6) is 0 Å². The molecule has 0 aliphatic rings. The number of aromatic amines is 1. The molecule has 0 unspecified atom stereocenters. The molecule has 0 fully saturated rings. The fourth-order valence-electron chi connectivity index (χ4n) is 2.22. The summed E-state index contributed by atoms with van der Waals surface area (Å²) in [4.78, 5) is 34.3. The maximum atomic E-state index is 12.3. The highest BCUT2D eigenvalue weighted by molar-refractivity contribution is 6.23. The van der Waals surface area contributed by atoms with E-state index in [1.54, 1.807) is 0 Å². The van der Waals surface area contributed by atoms with Gasteiger partial charge in [0.25, 0.3) is 0 Å². The molecule has 3 rings (SSSR count). The van der Waals surface area contributed by atoms with E-state index in [4.69, 9.17) is 14.3 Å². The second-order valence-corrected chi connectivity index (χ2v) is 6.62. The van der Waals surface area contributed by atoms with E-state index in [1.165, 1.54) is 6.92 Å². The Bertz CT molecular complexity index is 978. The maximum Gasteiger partial charge on any atom is 0.432 e. The summed E-state index contributed by atoms with van der Waals surface area (Å²) in [6.45, 7) is 2.26. The van der Waals surface area contributed by atoms with Gasteiger partial charge in [-0.15, -0.1) is 0 Å². The number of benzene rings is 2. The largest absolute Gasteiger partial charge is 0.432 e. The normalized spacial score (nSPS) is 9.94. The van der Waals surface area contributed by atoms with Gasteiger partial charge in [-0.3, -0.25) is 9.59 Å². The van der Waals surface area contributed by atoms with Crippen molar-refractivity contribution in [1.82, 2.24) is 9.97 Å². The first-order valence-electron chi connectivity index (χ1n) is 10.00. The number of nitrogens with one attached hydrogen (secondary N) is 1. The van der Waals surface area contributed by atoms with E-state index in [1.807, 2.05) is 60.7 Å². The third-order valence-corrected chi connectivity index (χ3v) is 3.75. The quantitative estimate of drug-likeness (QED) is 0.257. The van der Waals surface area contributed by atoms with Crippen LogP contribution in [0.4, 0.5) is 13.2 Å². The monoisotopic (exact) mass is 494 g/mol. The van der Waals surface area contributed by atoms with Gasteiger partial charge >= 0.3 is 6.18 Å². The number of alkyl halides is 3. The van der Waals surface area contributed by atoms with Gasteiger partial charge in [-0.2, -0.15) is 13.2 Å². The van der Waals surface area contributed by atoms with Crippen LogP contribution in [0.25, 0.3) is 0 Å². The van der Waals surface area contributed by atoms with Crippen molar-refractivity contribution in [3.8, 4) is 0 Å². The minimum absolute atomic E-state index is 0. The zero-order valence-electron chi connectivity index (χ0n) is 18.5. The van der Waals surface area contributed by atoms with Crippen LogP contribution in [0.3, 0.4) is 0 Å². The average molecular weight is 495 g/mol. The van der Waals surface area contributed by atoms with Crippen LogP contribution >= 0.6 is 0 Å². The average Bonchev–Trinajstić information content (AvgIpc) is 3.31. The molecule has 1 N–H and O–H groups in total. The van der Waals surface area contributed by atoms with Crippen LogP contribution in [0.2, 0.25) is 0 Å². The zero-order chi connectivity index (χ0) is 25.2. The van der Waals surface area contributed by atoms with Crippen molar-refractivity contribution in [1.29, 1.82) is 0 Å². The van der Waals surface area contributed by atoms with Gasteiger partial charge in [0.15, 0.2) is 12.1 Å².